The molecule has 2 heteroatoms. The Kier molecular flexibility index (Phi) is 3.60. The van der Waals surface area contributed by atoms with Gasteiger partial charge in [-0.2, -0.15) is 0 Å². The van der Waals surface area contributed by atoms with Crippen molar-refractivity contribution in [3.05, 3.63) is 12.2 Å². The van der Waals surface area contributed by atoms with E-state index in [0.29, 0.717) is 0 Å². The van der Waals surface area contributed by atoms with Gasteiger partial charge in [-0.1, -0.05) is 12.2 Å². The number of rotatable bonds is 3. The van der Waals surface area contributed by atoms with Crippen LogP contribution in [0.15, 0.2) is 12.2 Å². The van der Waals surface area contributed by atoms with Crippen LogP contribution in [0.2, 0.25) is 0 Å². The Balaban J connectivity index is 2.27. The van der Waals surface area contributed by atoms with Gasteiger partial charge in [-0.25, -0.2) is 0 Å². The van der Waals surface area contributed by atoms with Crippen molar-refractivity contribution >= 4 is 0 Å². The third kappa shape index (κ3) is 2.64. The molecule has 0 atom stereocenters. The fourth-order valence-electron chi connectivity index (χ4n) is 1.62. The molecule has 1 saturated heterocycles. The third-order valence-electron chi connectivity index (χ3n) is 2.38. The largest absolute Gasteiger partial charge is 0.330 e. The third-order valence-corrected chi connectivity index (χ3v) is 2.38. The maximum absolute atomic E-state index is 5.46. The molecular formula is C9H18N2. The quantitative estimate of drug-likeness (QED) is 0.592. The molecule has 0 aliphatic carbocycles. The van der Waals surface area contributed by atoms with Crippen molar-refractivity contribution in [3.8, 4) is 0 Å². The van der Waals surface area contributed by atoms with Gasteiger partial charge in [0.1, 0.15) is 0 Å². The van der Waals surface area contributed by atoms with Gasteiger partial charge in [0.05, 0.1) is 0 Å². The van der Waals surface area contributed by atoms with E-state index < -0.39 is 0 Å². The van der Waals surface area contributed by atoms with E-state index in [1.807, 2.05) is 0 Å². The van der Waals surface area contributed by atoms with Crippen LogP contribution in [0.3, 0.4) is 0 Å². The van der Waals surface area contributed by atoms with Crippen molar-refractivity contribution < 1.29 is 0 Å². The van der Waals surface area contributed by atoms with E-state index in [1.165, 1.54) is 18.4 Å². The van der Waals surface area contributed by atoms with E-state index in [0.717, 1.165) is 32.0 Å². The monoisotopic (exact) mass is 154 g/mol. The molecule has 3 N–H and O–H groups in total. The van der Waals surface area contributed by atoms with Crippen molar-refractivity contribution in [1.29, 1.82) is 0 Å². The summed E-state index contributed by atoms with van der Waals surface area (Å²) in [5, 5.41) is 3.34. The molecule has 1 aliphatic rings. The Bertz CT molecular complexity index is 126. The van der Waals surface area contributed by atoms with Crippen LogP contribution in [0, 0.1) is 5.92 Å². The van der Waals surface area contributed by atoms with E-state index in [-0.39, 0.29) is 0 Å². The second-order valence-electron chi connectivity index (χ2n) is 3.22. The first-order valence-electron chi connectivity index (χ1n) is 4.43. The zero-order valence-corrected chi connectivity index (χ0v) is 7.10. The van der Waals surface area contributed by atoms with Gasteiger partial charge in [0.2, 0.25) is 0 Å². The normalized spacial score (nSPS) is 20.1. The van der Waals surface area contributed by atoms with Crippen LogP contribution >= 0.6 is 0 Å². The Hall–Kier alpha value is -0.340. The van der Waals surface area contributed by atoms with Crippen molar-refractivity contribution in [2.24, 2.45) is 11.7 Å². The fourth-order valence-corrected chi connectivity index (χ4v) is 1.62. The van der Waals surface area contributed by atoms with Crippen LogP contribution in [0.1, 0.15) is 19.3 Å². The van der Waals surface area contributed by atoms with Crippen LogP contribution in [-0.4, -0.2) is 19.6 Å². The predicted octanol–water partition coefficient (Wildman–Crippen LogP) is 0.891. The molecule has 0 saturated carbocycles. The van der Waals surface area contributed by atoms with Crippen LogP contribution in [0.25, 0.3) is 0 Å². The van der Waals surface area contributed by atoms with Gasteiger partial charge in [-0.3, -0.25) is 0 Å². The van der Waals surface area contributed by atoms with Gasteiger partial charge in [0.15, 0.2) is 0 Å². The molecule has 0 spiro atoms. The molecule has 64 valence electrons. The van der Waals surface area contributed by atoms with Crippen LogP contribution in [0.4, 0.5) is 0 Å². The molecule has 0 amide bonds. The van der Waals surface area contributed by atoms with E-state index in [4.69, 9.17) is 5.73 Å². The van der Waals surface area contributed by atoms with Crippen molar-refractivity contribution in [1.82, 2.24) is 5.32 Å². The summed E-state index contributed by atoms with van der Waals surface area (Å²) in [6, 6.07) is 0. The number of nitrogens with two attached hydrogens (primary N) is 1. The van der Waals surface area contributed by atoms with E-state index in [1.54, 1.807) is 0 Å². The summed E-state index contributed by atoms with van der Waals surface area (Å²) in [4.78, 5) is 0. The molecule has 1 heterocycles. The molecule has 0 aromatic carbocycles. The first-order chi connectivity index (χ1) is 5.34. The lowest BCUT2D eigenvalue weighted by atomic mass is 9.89. The number of piperidine rings is 1. The van der Waals surface area contributed by atoms with Gasteiger partial charge in [0.25, 0.3) is 0 Å². The highest BCUT2D eigenvalue weighted by molar-refractivity contribution is 5.02. The highest BCUT2D eigenvalue weighted by atomic mass is 14.9. The molecule has 1 fully saturated rings. The molecule has 0 aromatic heterocycles. The molecule has 0 bridgehead atoms. The number of hydrogen-bond donors (Lipinski definition) is 2. The summed E-state index contributed by atoms with van der Waals surface area (Å²) in [5.41, 5.74) is 6.82. The van der Waals surface area contributed by atoms with Gasteiger partial charge in [-0.15, -0.1) is 0 Å². The molecule has 1 aliphatic heterocycles. The van der Waals surface area contributed by atoms with Gasteiger partial charge in [0, 0.05) is 0 Å². The molecule has 2 nitrogen and oxygen atoms in total. The average Bonchev–Trinajstić information content (AvgIpc) is 2.07. The minimum absolute atomic E-state index is 0.736. The Morgan fingerprint density at radius 2 is 2.09 bits per heavy atom. The highest BCUT2D eigenvalue weighted by Gasteiger charge is 2.14. The van der Waals surface area contributed by atoms with Crippen LogP contribution in [0.5, 0.6) is 0 Å². The predicted molar refractivity (Wildman–Crippen MR) is 48.4 cm³/mol. The molecule has 0 radical (unpaired) electrons. The topological polar surface area (TPSA) is 38.0 Å². The lowest BCUT2D eigenvalue weighted by Gasteiger charge is -2.24. The minimum atomic E-state index is 0.736. The van der Waals surface area contributed by atoms with Gasteiger partial charge >= 0.3 is 0 Å². The zero-order valence-electron chi connectivity index (χ0n) is 7.10. The summed E-state index contributed by atoms with van der Waals surface area (Å²) in [5.74, 6) is 0.736. The Morgan fingerprint density at radius 1 is 1.45 bits per heavy atom. The first-order valence-corrected chi connectivity index (χ1v) is 4.43. The minimum Gasteiger partial charge on any atom is -0.330 e. The lowest BCUT2D eigenvalue weighted by molar-refractivity contribution is 0.413. The molecule has 0 unspecified atom stereocenters. The number of hydrogen-bond acceptors (Lipinski definition) is 2. The van der Waals surface area contributed by atoms with Gasteiger partial charge < -0.3 is 11.1 Å². The average molecular weight is 154 g/mol. The van der Waals surface area contributed by atoms with E-state index in [2.05, 4.69) is 11.9 Å². The Morgan fingerprint density at radius 3 is 2.64 bits per heavy atom. The van der Waals surface area contributed by atoms with E-state index >= 15 is 0 Å². The van der Waals surface area contributed by atoms with E-state index in [9.17, 15) is 0 Å². The fraction of sp³-hybridized carbons (Fsp3) is 0.778. The van der Waals surface area contributed by atoms with Gasteiger partial charge in [-0.05, 0) is 44.8 Å². The van der Waals surface area contributed by atoms with Crippen molar-refractivity contribution in [2.75, 3.05) is 19.6 Å². The summed E-state index contributed by atoms with van der Waals surface area (Å²) in [6.07, 6.45) is 3.50. The van der Waals surface area contributed by atoms with Crippen LogP contribution in [-0.2, 0) is 0 Å². The highest BCUT2D eigenvalue weighted by Crippen LogP contribution is 2.21. The molecule has 11 heavy (non-hydrogen) atoms. The van der Waals surface area contributed by atoms with Crippen molar-refractivity contribution in [2.45, 2.75) is 19.3 Å². The Labute approximate surface area is 68.9 Å². The lowest BCUT2D eigenvalue weighted by Crippen LogP contribution is -2.28. The standard InChI is InChI=1S/C9H18N2/c1-8(2-5-10)9-3-6-11-7-4-9/h9,11H,1-7,10H2. The maximum Gasteiger partial charge on any atom is -0.00399 e. The second-order valence-corrected chi connectivity index (χ2v) is 3.22. The molecule has 1 rings (SSSR count). The molecule has 0 aromatic rings. The van der Waals surface area contributed by atoms with Crippen molar-refractivity contribution in [3.63, 3.8) is 0 Å². The summed E-state index contributed by atoms with van der Waals surface area (Å²) in [7, 11) is 0. The first kappa shape index (κ1) is 8.75. The number of nitrogens with one attached hydrogen (secondary N) is 1. The summed E-state index contributed by atoms with van der Waals surface area (Å²) in [6.45, 7) is 7.11. The summed E-state index contributed by atoms with van der Waals surface area (Å²) >= 11 is 0. The SMILES string of the molecule is C=C(CCN)C1CCNCC1. The smallest absolute Gasteiger partial charge is 0.00399 e. The molecular weight excluding hydrogens is 136 g/mol. The maximum atomic E-state index is 5.46. The second kappa shape index (κ2) is 4.52. The zero-order chi connectivity index (χ0) is 8.10. The summed E-state index contributed by atoms with van der Waals surface area (Å²) < 4.78 is 0. The van der Waals surface area contributed by atoms with Crippen LogP contribution < -0.4 is 11.1 Å².